The first kappa shape index (κ1) is 21.2. The van der Waals surface area contributed by atoms with E-state index in [-0.39, 0.29) is 24.9 Å². The van der Waals surface area contributed by atoms with E-state index in [0.29, 0.717) is 15.0 Å². The van der Waals surface area contributed by atoms with Crippen LogP contribution < -0.4 is 9.47 Å². The number of likely N-dealkylation sites (N-methyl/N-ethyl adjacent to an activating group) is 1. The van der Waals surface area contributed by atoms with Gasteiger partial charge >= 0.3 is 6.18 Å². The molecule has 0 unspecified atom stereocenters. The number of carbonyl (C=O) groups excluding carboxylic acids is 1. The van der Waals surface area contributed by atoms with Crippen molar-refractivity contribution in [2.75, 3.05) is 20.3 Å². The molecule has 1 amide bonds. The number of hydrogen-bond donors (Lipinski definition) is 0. The number of alkyl halides is 3. The molecule has 0 bridgehead atoms. The summed E-state index contributed by atoms with van der Waals surface area (Å²) >= 11 is 6.34. The van der Waals surface area contributed by atoms with Gasteiger partial charge in [-0.05, 0) is 42.0 Å². The molecule has 2 aromatic rings. The molecule has 0 aromatic heterocycles. The van der Waals surface area contributed by atoms with Gasteiger partial charge in [-0.3, -0.25) is 9.69 Å². The largest absolute Gasteiger partial charge is 0.490 e. The van der Waals surface area contributed by atoms with Gasteiger partial charge in [-0.15, -0.1) is 0 Å². The second kappa shape index (κ2) is 8.87. The van der Waals surface area contributed by atoms with E-state index in [9.17, 15) is 18.0 Å². The van der Waals surface area contributed by atoms with E-state index in [4.69, 9.17) is 21.7 Å². The number of nitrogens with zero attached hydrogens (tertiary/aromatic N) is 1. The number of thioether (sulfide) groups is 1. The summed E-state index contributed by atoms with van der Waals surface area (Å²) in [7, 11) is 1.64. The number of amides is 1. The van der Waals surface area contributed by atoms with Crippen LogP contribution >= 0.6 is 24.0 Å². The molecule has 4 nitrogen and oxygen atoms in total. The topological polar surface area (TPSA) is 38.8 Å². The maximum atomic E-state index is 12.7. The van der Waals surface area contributed by atoms with Gasteiger partial charge in [-0.1, -0.05) is 42.2 Å². The zero-order valence-corrected chi connectivity index (χ0v) is 16.9. The molecule has 1 saturated heterocycles. The van der Waals surface area contributed by atoms with Crippen LogP contribution in [0, 0.1) is 0 Å². The molecule has 3 rings (SSSR count). The molecule has 1 fully saturated rings. The summed E-state index contributed by atoms with van der Waals surface area (Å²) in [5.74, 6) is 0.580. The van der Waals surface area contributed by atoms with Gasteiger partial charge < -0.3 is 9.47 Å². The first-order valence-corrected chi connectivity index (χ1v) is 9.71. The van der Waals surface area contributed by atoms with Crippen LogP contribution in [-0.4, -0.2) is 35.4 Å². The summed E-state index contributed by atoms with van der Waals surface area (Å²) < 4.78 is 49.4. The lowest BCUT2D eigenvalue weighted by molar-refractivity contribution is -0.137. The molecule has 29 heavy (non-hydrogen) atoms. The van der Waals surface area contributed by atoms with Crippen LogP contribution in [0.15, 0.2) is 53.4 Å². The van der Waals surface area contributed by atoms with Gasteiger partial charge in [0.25, 0.3) is 5.91 Å². The van der Waals surface area contributed by atoms with E-state index >= 15 is 0 Å². The molecular weight excluding hydrogens is 423 g/mol. The Morgan fingerprint density at radius 2 is 1.72 bits per heavy atom. The average Bonchev–Trinajstić information content (AvgIpc) is 2.93. The van der Waals surface area contributed by atoms with Crippen molar-refractivity contribution in [2.45, 2.75) is 6.18 Å². The van der Waals surface area contributed by atoms with Crippen molar-refractivity contribution >= 4 is 40.3 Å². The second-order valence-corrected chi connectivity index (χ2v) is 7.71. The zero-order chi connectivity index (χ0) is 21.0. The van der Waals surface area contributed by atoms with Gasteiger partial charge in [-0.2, -0.15) is 13.2 Å². The molecule has 0 N–H and O–H groups in total. The molecule has 9 heteroatoms. The SMILES string of the molecule is CN1C(=O)C(=Cc2ccc(OCCOc3cccc(C(F)(F)F)c3)cc2)SC1=S. The monoisotopic (exact) mass is 439 g/mol. The lowest BCUT2D eigenvalue weighted by atomic mass is 10.2. The minimum Gasteiger partial charge on any atom is -0.490 e. The van der Waals surface area contributed by atoms with E-state index in [1.165, 1.54) is 28.8 Å². The number of hydrogen-bond acceptors (Lipinski definition) is 5. The Morgan fingerprint density at radius 1 is 1.07 bits per heavy atom. The van der Waals surface area contributed by atoms with Crippen LogP contribution in [0.3, 0.4) is 0 Å². The molecular formula is C20H16F3NO3S2. The highest BCUT2D eigenvalue weighted by Gasteiger charge is 2.30. The molecule has 2 aromatic carbocycles. The summed E-state index contributed by atoms with van der Waals surface area (Å²) in [6.45, 7) is 0.270. The summed E-state index contributed by atoms with van der Waals surface area (Å²) in [5.41, 5.74) is 0.0676. The van der Waals surface area contributed by atoms with Gasteiger partial charge in [0.2, 0.25) is 0 Å². The van der Waals surface area contributed by atoms with E-state index < -0.39 is 11.7 Å². The Hall–Kier alpha value is -2.52. The Balaban J connectivity index is 1.50. The molecule has 1 aliphatic rings. The number of thiocarbonyl (C=S) groups is 1. The highest BCUT2D eigenvalue weighted by molar-refractivity contribution is 8.26. The fourth-order valence-corrected chi connectivity index (χ4v) is 3.62. The van der Waals surface area contributed by atoms with Crippen LogP contribution in [0.5, 0.6) is 11.5 Å². The third-order valence-corrected chi connectivity index (χ3v) is 5.43. The van der Waals surface area contributed by atoms with Crippen LogP contribution in [0.25, 0.3) is 6.08 Å². The predicted octanol–water partition coefficient (Wildman–Crippen LogP) is 4.99. The number of carbonyl (C=O) groups is 1. The molecule has 1 aliphatic heterocycles. The third kappa shape index (κ3) is 5.51. The standard InChI is InChI=1S/C20H16F3NO3S2/c1-24-18(25)17(29-19(24)28)11-13-5-7-15(8-6-13)26-9-10-27-16-4-2-3-14(12-16)20(21,22)23/h2-8,11-12H,9-10H2,1H3. The molecule has 0 spiro atoms. The van der Waals surface area contributed by atoms with Gasteiger partial charge in [0.15, 0.2) is 0 Å². The summed E-state index contributed by atoms with van der Waals surface area (Å²) in [4.78, 5) is 14.0. The van der Waals surface area contributed by atoms with Gasteiger partial charge in [0.1, 0.15) is 29.0 Å². The van der Waals surface area contributed by atoms with Crippen molar-refractivity contribution in [2.24, 2.45) is 0 Å². The first-order valence-electron chi connectivity index (χ1n) is 8.48. The minimum atomic E-state index is -4.41. The lowest BCUT2D eigenvalue weighted by Crippen LogP contribution is -2.22. The van der Waals surface area contributed by atoms with Crippen LogP contribution in [0.2, 0.25) is 0 Å². The maximum absolute atomic E-state index is 12.7. The number of ether oxygens (including phenoxy) is 2. The van der Waals surface area contributed by atoms with Crippen LogP contribution in [-0.2, 0) is 11.0 Å². The minimum absolute atomic E-state index is 0.0992. The van der Waals surface area contributed by atoms with Gasteiger partial charge in [0.05, 0.1) is 10.5 Å². The second-order valence-electron chi connectivity index (χ2n) is 6.03. The zero-order valence-electron chi connectivity index (χ0n) is 15.2. The average molecular weight is 439 g/mol. The number of halogens is 3. The summed E-state index contributed by atoms with van der Waals surface area (Å²) in [5, 5.41) is 0. The fourth-order valence-electron chi connectivity index (χ4n) is 2.44. The predicted molar refractivity (Wildman–Crippen MR) is 110 cm³/mol. The Kier molecular flexibility index (Phi) is 6.49. The molecule has 0 radical (unpaired) electrons. The molecule has 1 heterocycles. The lowest BCUT2D eigenvalue weighted by Gasteiger charge is -2.11. The quantitative estimate of drug-likeness (QED) is 0.360. The third-order valence-electron chi connectivity index (χ3n) is 3.95. The summed E-state index contributed by atoms with van der Waals surface area (Å²) in [6.07, 6.45) is -2.65. The van der Waals surface area contributed by atoms with E-state index in [0.717, 1.165) is 17.7 Å². The maximum Gasteiger partial charge on any atom is 0.416 e. The van der Waals surface area contributed by atoms with Crippen molar-refractivity contribution in [1.29, 1.82) is 0 Å². The fraction of sp³-hybridized carbons (Fsp3) is 0.200. The number of benzene rings is 2. The Morgan fingerprint density at radius 3 is 2.31 bits per heavy atom. The summed E-state index contributed by atoms with van der Waals surface area (Å²) in [6, 6.07) is 11.8. The van der Waals surface area contributed by atoms with E-state index in [2.05, 4.69) is 0 Å². The van der Waals surface area contributed by atoms with Crippen molar-refractivity contribution in [3.63, 3.8) is 0 Å². The Bertz CT molecular complexity index is 943. The molecule has 0 atom stereocenters. The van der Waals surface area contributed by atoms with Crippen molar-refractivity contribution in [3.8, 4) is 11.5 Å². The highest BCUT2D eigenvalue weighted by atomic mass is 32.2. The van der Waals surface area contributed by atoms with Crippen LogP contribution in [0.1, 0.15) is 11.1 Å². The normalized spacial score (nSPS) is 15.9. The molecule has 0 saturated carbocycles. The van der Waals surface area contributed by atoms with Crippen molar-refractivity contribution < 1.29 is 27.4 Å². The van der Waals surface area contributed by atoms with Crippen molar-refractivity contribution in [3.05, 3.63) is 64.6 Å². The highest BCUT2D eigenvalue weighted by Crippen LogP contribution is 2.32. The van der Waals surface area contributed by atoms with E-state index in [1.807, 2.05) is 0 Å². The number of rotatable bonds is 6. The molecule has 0 aliphatic carbocycles. The first-order chi connectivity index (χ1) is 13.7. The Labute approximate surface area is 175 Å². The molecule has 152 valence electrons. The smallest absolute Gasteiger partial charge is 0.416 e. The van der Waals surface area contributed by atoms with E-state index in [1.54, 1.807) is 37.4 Å². The van der Waals surface area contributed by atoms with Gasteiger partial charge in [-0.25, -0.2) is 0 Å². The van der Waals surface area contributed by atoms with Gasteiger partial charge in [0, 0.05) is 7.05 Å². The van der Waals surface area contributed by atoms with Crippen molar-refractivity contribution in [1.82, 2.24) is 4.90 Å². The van der Waals surface area contributed by atoms with Crippen LogP contribution in [0.4, 0.5) is 13.2 Å².